The van der Waals surface area contributed by atoms with Crippen molar-refractivity contribution in [3.63, 3.8) is 0 Å². The Balaban J connectivity index is 1.22. The van der Waals surface area contributed by atoms with Crippen molar-refractivity contribution < 1.29 is 4.79 Å². The minimum Gasteiger partial charge on any atom is -0.307 e. The number of carbonyl (C=O) groups excluding carboxylic acids is 1. The molecule has 2 fully saturated rings. The molecule has 2 saturated heterocycles. The van der Waals surface area contributed by atoms with Crippen molar-refractivity contribution in [3.05, 3.63) is 28.3 Å². The fourth-order valence-electron chi connectivity index (χ4n) is 6.03. The third-order valence-electron chi connectivity index (χ3n) is 7.08. The van der Waals surface area contributed by atoms with E-state index in [2.05, 4.69) is 39.2 Å². The van der Waals surface area contributed by atoms with Crippen molar-refractivity contribution in [1.29, 1.82) is 0 Å². The molecule has 6 heteroatoms. The van der Waals surface area contributed by atoms with E-state index in [-0.39, 0.29) is 6.03 Å². The van der Waals surface area contributed by atoms with Crippen LogP contribution in [0.15, 0.2) is 6.07 Å². The Labute approximate surface area is 172 Å². The molecule has 2 heterocycles. The van der Waals surface area contributed by atoms with Gasteiger partial charge in [0.05, 0.1) is 0 Å². The van der Waals surface area contributed by atoms with Crippen molar-refractivity contribution in [2.75, 3.05) is 18.4 Å². The lowest BCUT2D eigenvalue weighted by Crippen LogP contribution is -2.54. The van der Waals surface area contributed by atoms with E-state index in [9.17, 15) is 4.79 Å². The van der Waals surface area contributed by atoms with E-state index >= 15 is 0 Å². The first kappa shape index (κ1) is 18.8. The van der Waals surface area contributed by atoms with Gasteiger partial charge in [-0.25, -0.2) is 9.10 Å². The first-order valence-corrected chi connectivity index (χ1v) is 11.8. The molecule has 4 aliphatic rings. The van der Waals surface area contributed by atoms with Crippen LogP contribution in [0.1, 0.15) is 61.8 Å². The molecule has 2 aliphatic heterocycles. The molecule has 2 bridgehead atoms. The van der Waals surface area contributed by atoms with Crippen LogP contribution < -0.4 is 10.0 Å². The molecule has 2 amide bonds. The number of benzene rings is 1. The number of carbonyl (C=O) groups is 1. The van der Waals surface area contributed by atoms with E-state index < -0.39 is 0 Å². The molecule has 2 atom stereocenters. The normalized spacial score (nSPS) is 26.5. The number of hydrogen-bond acceptors (Lipinski definition) is 4. The van der Waals surface area contributed by atoms with Crippen molar-refractivity contribution in [3.8, 4) is 0 Å². The molecule has 2 aliphatic carbocycles. The number of fused-ring (bicyclic) bond motifs is 4. The van der Waals surface area contributed by atoms with Crippen LogP contribution in [-0.2, 0) is 25.7 Å². The van der Waals surface area contributed by atoms with Crippen LogP contribution >= 0.6 is 12.1 Å². The van der Waals surface area contributed by atoms with Gasteiger partial charge in [0.1, 0.15) is 0 Å². The first-order chi connectivity index (χ1) is 13.6. The second-order valence-corrected chi connectivity index (χ2v) is 10.1. The zero-order chi connectivity index (χ0) is 19.3. The number of piperazine rings is 1. The zero-order valence-electron chi connectivity index (χ0n) is 17.1. The molecule has 152 valence electrons. The highest BCUT2D eigenvalue weighted by molar-refractivity contribution is 7.95. The quantitative estimate of drug-likeness (QED) is 0.753. The van der Waals surface area contributed by atoms with Crippen molar-refractivity contribution in [2.24, 2.45) is 0 Å². The standard InChI is InChI=1S/C22H32N4OS/c1-14(2)26-17-9-10-18(26)13-25(12-17)28-24-22(27)23-21-19-7-3-5-15(19)11-16-6-4-8-20(16)21/h11,14,17-18H,3-10,12-13H2,1-2H3,(H2,23,24,27). The molecular weight excluding hydrogens is 368 g/mol. The van der Waals surface area contributed by atoms with Gasteiger partial charge in [-0.15, -0.1) is 0 Å². The van der Waals surface area contributed by atoms with Gasteiger partial charge in [0, 0.05) is 49.0 Å². The second-order valence-electron chi connectivity index (χ2n) is 9.15. The van der Waals surface area contributed by atoms with Crippen LogP contribution in [0.25, 0.3) is 0 Å². The first-order valence-electron chi connectivity index (χ1n) is 11.0. The SMILES string of the molecule is CC(C)N1C2CCC1CN(SNC(=O)Nc1c3c(cc4c1CCC4)CCC3)C2. The van der Waals surface area contributed by atoms with Gasteiger partial charge in [-0.2, -0.15) is 0 Å². The summed E-state index contributed by atoms with van der Waals surface area (Å²) in [6.07, 6.45) is 9.53. The summed E-state index contributed by atoms with van der Waals surface area (Å²) in [5, 5.41) is 3.24. The number of amides is 2. The summed E-state index contributed by atoms with van der Waals surface area (Å²) in [6, 6.07) is 4.22. The maximum absolute atomic E-state index is 12.7. The molecule has 28 heavy (non-hydrogen) atoms. The third-order valence-corrected chi connectivity index (χ3v) is 7.91. The Morgan fingerprint density at radius 2 is 1.64 bits per heavy atom. The smallest absolute Gasteiger partial charge is 0.307 e. The van der Waals surface area contributed by atoms with Gasteiger partial charge in [0.25, 0.3) is 0 Å². The van der Waals surface area contributed by atoms with E-state index in [1.54, 1.807) is 0 Å². The molecule has 5 rings (SSSR count). The van der Waals surface area contributed by atoms with E-state index in [4.69, 9.17) is 0 Å². The summed E-state index contributed by atoms with van der Waals surface area (Å²) in [6.45, 7) is 6.68. The molecule has 2 unspecified atom stereocenters. The molecule has 0 spiro atoms. The van der Waals surface area contributed by atoms with Crippen LogP contribution in [-0.4, -0.2) is 46.5 Å². The van der Waals surface area contributed by atoms with Gasteiger partial charge in [0.2, 0.25) is 0 Å². The van der Waals surface area contributed by atoms with Crippen molar-refractivity contribution in [1.82, 2.24) is 13.9 Å². The van der Waals surface area contributed by atoms with Crippen molar-refractivity contribution >= 4 is 23.9 Å². The van der Waals surface area contributed by atoms with Gasteiger partial charge in [0.15, 0.2) is 0 Å². The fraction of sp³-hybridized carbons (Fsp3) is 0.682. The molecule has 2 N–H and O–H groups in total. The number of anilines is 1. The molecule has 1 aromatic carbocycles. The summed E-state index contributed by atoms with van der Waals surface area (Å²) in [4.78, 5) is 15.4. The molecule has 0 radical (unpaired) electrons. The van der Waals surface area contributed by atoms with Gasteiger partial charge in [-0.1, -0.05) is 6.07 Å². The summed E-state index contributed by atoms with van der Waals surface area (Å²) >= 11 is 1.50. The number of urea groups is 1. The largest absolute Gasteiger partial charge is 0.330 e. The minimum atomic E-state index is -0.0713. The molecule has 5 nitrogen and oxygen atoms in total. The molecular formula is C22H32N4OS. The third kappa shape index (κ3) is 3.33. The van der Waals surface area contributed by atoms with Gasteiger partial charge in [-0.05, 0) is 87.5 Å². The van der Waals surface area contributed by atoms with Crippen LogP contribution in [0.5, 0.6) is 0 Å². The molecule has 0 saturated carbocycles. The lowest BCUT2D eigenvalue weighted by atomic mass is 9.99. The average Bonchev–Trinajstić information content (AvgIpc) is 3.38. The molecule has 0 aromatic heterocycles. The summed E-state index contributed by atoms with van der Waals surface area (Å²) < 4.78 is 5.42. The van der Waals surface area contributed by atoms with Crippen LogP contribution in [0.2, 0.25) is 0 Å². The predicted molar refractivity (Wildman–Crippen MR) is 116 cm³/mol. The Hall–Kier alpha value is -1.24. The fourth-order valence-corrected chi connectivity index (χ4v) is 6.78. The average molecular weight is 401 g/mol. The monoisotopic (exact) mass is 400 g/mol. The minimum absolute atomic E-state index is 0.0713. The van der Waals surface area contributed by atoms with Crippen molar-refractivity contribution in [2.45, 2.75) is 83.3 Å². The molecule has 1 aromatic rings. The maximum atomic E-state index is 12.7. The Kier molecular flexibility index (Phi) is 5.06. The highest BCUT2D eigenvalue weighted by Gasteiger charge is 2.41. The summed E-state index contributed by atoms with van der Waals surface area (Å²) in [5.41, 5.74) is 6.84. The van der Waals surface area contributed by atoms with Gasteiger partial charge in [-0.3, -0.25) is 9.62 Å². The number of aryl methyl sites for hydroxylation is 2. The zero-order valence-corrected chi connectivity index (χ0v) is 17.9. The van der Waals surface area contributed by atoms with E-state index in [1.807, 2.05) is 0 Å². The van der Waals surface area contributed by atoms with Crippen LogP contribution in [0.3, 0.4) is 0 Å². The van der Waals surface area contributed by atoms with E-state index in [0.717, 1.165) is 44.5 Å². The highest BCUT2D eigenvalue weighted by Crippen LogP contribution is 2.39. The highest BCUT2D eigenvalue weighted by atomic mass is 32.2. The second kappa shape index (κ2) is 7.54. The predicted octanol–water partition coefficient (Wildman–Crippen LogP) is 3.91. The Morgan fingerprint density at radius 1 is 1.04 bits per heavy atom. The number of rotatable bonds is 4. The maximum Gasteiger partial charge on any atom is 0.330 e. The lowest BCUT2D eigenvalue weighted by molar-refractivity contribution is 0.0840. The Morgan fingerprint density at radius 3 is 2.21 bits per heavy atom. The Bertz CT molecular complexity index is 734. The number of nitrogens with one attached hydrogen (secondary N) is 2. The summed E-state index contributed by atoms with van der Waals surface area (Å²) in [5.74, 6) is 0. The van der Waals surface area contributed by atoms with Gasteiger partial charge < -0.3 is 5.32 Å². The lowest BCUT2D eigenvalue weighted by Gasteiger charge is -2.42. The number of hydrogen-bond donors (Lipinski definition) is 2. The van der Waals surface area contributed by atoms with E-state index in [0.29, 0.717) is 18.1 Å². The van der Waals surface area contributed by atoms with Gasteiger partial charge >= 0.3 is 6.03 Å². The van der Waals surface area contributed by atoms with Crippen LogP contribution in [0, 0.1) is 0 Å². The summed E-state index contributed by atoms with van der Waals surface area (Å²) in [7, 11) is 0. The van der Waals surface area contributed by atoms with Crippen LogP contribution in [0.4, 0.5) is 10.5 Å². The number of nitrogens with zero attached hydrogens (tertiary/aromatic N) is 2. The van der Waals surface area contributed by atoms with E-state index in [1.165, 1.54) is 60.1 Å². The topological polar surface area (TPSA) is 47.6 Å².